The number of nitrogens with zero attached hydrogens (tertiary/aromatic N) is 1. The third kappa shape index (κ3) is 4.72. The van der Waals surface area contributed by atoms with Crippen molar-refractivity contribution in [2.75, 3.05) is 4.90 Å². The lowest BCUT2D eigenvalue weighted by atomic mass is 9.59. The van der Waals surface area contributed by atoms with Crippen molar-refractivity contribution in [3.05, 3.63) is 235 Å². The fraction of sp³-hybridized carbons (Fsp3) is 0.0182. The summed E-state index contributed by atoms with van der Waals surface area (Å²) in [6.07, 6.45) is 0. The summed E-state index contributed by atoms with van der Waals surface area (Å²) in [5, 5.41) is 7.53. The maximum atomic E-state index is 2.49. The SMILES string of the molecule is c1ccc(-c2c(N(c3ccc4c(c3)Sc3ccccc3C43c4ccccc4-c4cccc5cccc3c45)c3ccc4ccccc4c3)ccc3ccccc23)cc1. The summed E-state index contributed by atoms with van der Waals surface area (Å²) >= 11 is 1.90. The van der Waals surface area contributed by atoms with Crippen molar-refractivity contribution in [1.82, 2.24) is 0 Å². The number of hydrogen-bond acceptors (Lipinski definition) is 2. The van der Waals surface area contributed by atoms with E-state index in [0.29, 0.717) is 0 Å². The van der Waals surface area contributed by atoms with Crippen LogP contribution in [0.1, 0.15) is 22.3 Å². The van der Waals surface area contributed by atoms with Crippen molar-refractivity contribution >= 4 is 61.1 Å². The summed E-state index contributed by atoms with van der Waals surface area (Å²) in [6.45, 7) is 0. The molecule has 1 aliphatic heterocycles. The minimum atomic E-state index is -0.494. The average Bonchev–Trinajstić information content (AvgIpc) is 3.28. The Bertz CT molecular complexity index is 3230. The second kappa shape index (κ2) is 12.6. The Labute approximate surface area is 336 Å². The fourth-order valence-corrected chi connectivity index (χ4v) is 11.1. The van der Waals surface area contributed by atoms with Gasteiger partial charge in [-0.05, 0) is 108 Å². The summed E-state index contributed by atoms with van der Waals surface area (Å²) in [5.41, 5.74) is 13.3. The first kappa shape index (κ1) is 32.4. The van der Waals surface area contributed by atoms with E-state index in [2.05, 4.69) is 217 Å². The van der Waals surface area contributed by atoms with E-state index in [0.717, 1.165) is 17.1 Å². The van der Waals surface area contributed by atoms with Crippen LogP contribution in [-0.4, -0.2) is 0 Å². The molecule has 12 rings (SSSR count). The highest BCUT2D eigenvalue weighted by Gasteiger charge is 2.48. The lowest BCUT2D eigenvalue weighted by molar-refractivity contribution is 0.707. The standard InChI is InChI=1S/C55H35NS/c1-2-16-39(17-3-1)54-43-21-7-6-15-37(43)29-33-50(54)56(41-30-28-36-14-4-5-18-40(36)34-41)42-31-32-48-52(35-42)57-51-27-11-10-25-47(51)55(48)46-24-9-8-22-44(46)45-23-12-19-38-20-13-26-49(55)53(38)45/h1-35H. The Kier molecular flexibility index (Phi) is 7.14. The first-order valence-corrected chi connectivity index (χ1v) is 20.5. The van der Waals surface area contributed by atoms with E-state index in [1.54, 1.807) is 0 Å². The van der Waals surface area contributed by atoms with Crippen molar-refractivity contribution in [2.45, 2.75) is 15.2 Å². The maximum absolute atomic E-state index is 2.49. The molecule has 1 spiro atoms. The Morgan fingerprint density at radius 3 is 1.88 bits per heavy atom. The van der Waals surface area contributed by atoms with Crippen LogP contribution in [0.3, 0.4) is 0 Å². The summed E-state index contributed by atoms with van der Waals surface area (Å²) < 4.78 is 0. The van der Waals surface area contributed by atoms with Gasteiger partial charge in [0.1, 0.15) is 0 Å². The summed E-state index contributed by atoms with van der Waals surface area (Å²) in [5.74, 6) is 0. The Morgan fingerprint density at radius 1 is 0.368 bits per heavy atom. The smallest absolute Gasteiger partial charge is 0.0735 e. The summed E-state index contributed by atoms with van der Waals surface area (Å²) in [6, 6.07) is 79.0. The predicted molar refractivity (Wildman–Crippen MR) is 241 cm³/mol. The van der Waals surface area contributed by atoms with Crippen LogP contribution < -0.4 is 4.90 Å². The molecule has 266 valence electrons. The van der Waals surface area contributed by atoms with E-state index in [1.165, 1.54) is 86.6 Å². The van der Waals surface area contributed by atoms with Gasteiger partial charge in [-0.2, -0.15) is 0 Å². The molecule has 0 radical (unpaired) electrons. The molecule has 0 saturated heterocycles. The van der Waals surface area contributed by atoms with Crippen molar-refractivity contribution in [3.8, 4) is 22.3 Å². The highest BCUT2D eigenvalue weighted by Crippen LogP contribution is 2.62. The molecule has 10 aromatic carbocycles. The molecule has 1 nitrogen and oxygen atoms in total. The van der Waals surface area contributed by atoms with Crippen molar-refractivity contribution in [2.24, 2.45) is 0 Å². The molecule has 0 saturated carbocycles. The second-order valence-electron chi connectivity index (χ2n) is 15.2. The number of hydrogen-bond donors (Lipinski definition) is 0. The number of fused-ring (bicyclic) bond motifs is 10. The van der Waals surface area contributed by atoms with Crippen LogP contribution >= 0.6 is 11.8 Å². The Balaban J connectivity index is 1.16. The van der Waals surface area contributed by atoms with Gasteiger partial charge in [0.05, 0.1) is 11.1 Å². The van der Waals surface area contributed by atoms with Crippen LogP contribution in [0.15, 0.2) is 222 Å². The quantitative estimate of drug-likeness (QED) is 0.177. The van der Waals surface area contributed by atoms with E-state index < -0.39 is 5.41 Å². The number of benzene rings is 10. The van der Waals surface area contributed by atoms with Gasteiger partial charge in [0, 0.05) is 26.7 Å². The van der Waals surface area contributed by atoms with E-state index in [9.17, 15) is 0 Å². The highest BCUT2D eigenvalue weighted by atomic mass is 32.2. The van der Waals surface area contributed by atoms with E-state index in [1.807, 2.05) is 11.8 Å². The van der Waals surface area contributed by atoms with Gasteiger partial charge in [-0.25, -0.2) is 0 Å². The number of anilines is 3. The van der Waals surface area contributed by atoms with Crippen LogP contribution in [0.2, 0.25) is 0 Å². The molecule has 0 fully saturated rings. The van der Waals surface area contributed by atoms with Crippen molar-refractivity contribution < 1.29 is 0 Å². The van der Waals surface area contributed by atoms with Gasteiger partial charge in [-0.1, -0.05) is 188 Å². The molecule has 0 amide bonds. The van der Waals surface area contributed by atoms with Crippen LogP contribution in [0.25, 0.3) is 54.6 Å². The zero-order valence-electron chi connectivity index (χ0n) is 31.1. The first-order chi connectivity index (χ1) is 28.3. The first-order valence-electron chi connectivity index (χ1n) is 19.7. The molecule has 1 heterocycles. The van der Waals surface area contributed by atoms with Gasteiger partial charge in [-0.3, -0.25) is 0 Å². The Hall–Kier alpha value is -6.87. The highest BCUT2D eigenvalue weighted by molar-refractivity contribution is 7.99. The molecule has 57 heavy (non-hydrogen) atoms. The average molecular weight is 742 g/mol. The van der Waals surface area contributed by atoms with Crippen LogP contribution in [-0.2, 0) is 5.41 Å². The molecule has 0 aromatic heterocycles. The third-order valence-corrected chi connectivity index (χ3v) is 13.4. The Morgan fingerprint density at radius 2 is 0.982 bits per heavy atom. The van der Waals surface area contributed by atoms with Crippen LogP contribution in [0, 0.1) is 0 Å². The third-order valence-electron chi connectivity index (χ3n) is 12.3. The predicted octanol–water partition coefficient (Wildman–Crippen LogP) is 15.1. The van der Waals surface area contributed by atoms with Gasteiger partial charge < -0.3 is 4.90 Å². The van der Waals surface area contributed by atoms with E-state index >= 15 is 0 Å². The number of rotatable bonds is 4. The molecule has 0 N–H and O–H groups in total. The summed E-state index contributed by atoms with van der Waals surface area (Å²) in [7, 11) is 0. The largest absolute Gasteiger partial charge is 0.310 e. The van der Waals surface area contributed by atoms with Gasteiger partial charge in [0.15, 0.2) is 0 Å². The topological polar surface area (TPSA) is 3.24 Å². The van der Waals surface area contributed by atoms with Gasteiger partial charge >= 0.3 is 0 Å². The summed E-state index contributed by atoms with van der Waals surface area (Å²) in [4.78, 5) is 5.05. The van der Waals surface area contributed by atoms with Crippen molar-refractivity contribution in [1.29, 1.82) is 0 Å². The molecule has 1 unspecified atom stereocenters. The molecule has 2 aliphatic rings. The molecular weight excluding hydrogens is 707 g/mol. The molecule has 0 bridgehead atoms. The van der Waals surface area contributed by atoms with Gasteiger partial charge in [-0.15, -0.1) is 0 Å². The van der Waals surface area contributed by atoms with Gasteiger partial charge in [0.2, 0.25) is 0 Å². The lowest BCUT2D eigenvalue weighted by Gasteiger charge is -2.46. The van der Waals surface area contributed by atoms with E-state index in [-0.39, 0.29) is 0 Å². The lowest BCUT2D eigenvalue weighted by Crippen LogP contribution is -2.36. The zero-order valence-corrected chi connectivity index (χ0v) is 31.9. The monoisotopic (exact) mass is 741 g/mol. The van der Waals surface area contributed by atoms with Crippen LogP contribution in [0.5, 0.6) is 0 Å². The second-order valence-corrected chi connectivity index (χ2v) is 16.3. The molecule has 2 heteroatoms. The fourth-order valence-electron chi connectivity index (χ4n) is 9.92. The zero-order chi connectivity index (χ0) is 37.5. The molecule has 1 aliphatic carbocycles. The molecule has 1 atom stereocenters. The maximum Gasteiger partial charge on any atom is 0.0735 e. The minimum Gasteiger partial charge on any atom is -0.310 e. The molecule has 10 aromatic rings. The van der Waals surface area contributed by atoms with Crippen LogP contribution in [0.4, 0.5) is 17.1 Å². The normalized spacial score (nSPS) is 15.0. The minimum absolute atomic E-state index is 0.494. The van der Waals surface area contributed by atoms with E-state index in [4.69, 9.17) is 0 Å². The van der Waals surface area contributed by atoms with Crippen molar-refractivity contribution in [3.63, 3.8) is 0 Å². The van der Waals surface area contributed by atoms with Gasteiger partial charge in [0.25, 0.3) is 0 Å². The molecular formula is C55H35NS.